The van der Waals surface area contributed by atoms with Crippen molar-refractivity contribution in [1.29, 1.82) is 0 Å². The highest BCUT2D eigenvalue weighted by molar-refractivity contribution is 5.41. The van der Waals surface area contributed by atoms with Crippen LogP contribution in [0.2, 0.25) is 0 Å². The van der Waals surface area contributed by atoms with Gasteiger partial charge in [-0.1, -0.05) is 18.2 Å². The van der Waals surface area contributed by atoms with Gasteiger partial charge >= 0.3 is 0 Å². The Hall–Kier alpha value is -3.08. The van der Waals surface area contributed by atoms with Gasteiger partial charge in [-0.15, -0.1) is 0 Å². The number of halogens is 1. The number of benzene rings is 1. The molecule has 2 aliphatic rings. The van der Waals surface area contributed by atoms with Crippen LogP contribution in [0, 0.1) is 11.2 Å². The molecule has 2 aliphatic heterocycles. The summed E-state index contributed by atoms with van der Waals surface area (Å²) in [7, 11) is 0. The van der Waals surface area contributed by atoms with E-state index in [2.05, 4.69) is 20.9 Å². The third-order valence-electron chi connectivity index (χ3n) is 6.41. The topological polar surface area (TPSA) is 134 Å². The SMILES string of the molecule is O=CO.O=CO.OC[C@]1(Cc2ccc(F)cc2)CN(c2ccc(CN3CCCC3)cn2)CC[C@@H]1O. The summed E-state index contributed by atoms with van der Waals surface area (Å²) < 4.78 is 13.2. The zero-order chi connectivity index (χ0) is 25.7. The summed E-state index contributed by atoms with van der Waals surface area (Å²) in [5, 5.41) is 34.7. The van der Waals surface area contributed by atoms with Crippen molar-refractivity contribution in [2.75, 3.05) is 37.7 Å². The van der Waals surface area contributed by atoms with E-state index >= 15 is 0 Å². The number of nitrogens with zero attached hydrogens (tertiary/aromatic N) is 3. The number of piperidine rings is 1. The number of carboxylic acid groups (broad SMARTS) is 2. The molecule has 10 heteroatoms. The first-order valence-corrected chi connectivity index (χ1v) is 11.5. The highest BCUT2D eigenvalue weighted by atomic mass is 19.1. The van der Waals surface area contributed by atoms with Crippen molar-refractivity contribution < 1.29 is 34.4 Å². The van der Waals surface area contributed by atoms with Crippen molar-refractivity contribution >= 4 is 18.8 Å². The van der Waals surface area contributed by atoms with Crippen molar-refractivity contribution in [2.45, 2.75) is 38.3 Å². The molecule has 0 aliphatic carbocycles. The molecule has 2 aromatic rings. The number of anilines is 1. The fraction of sp³-hybridized carbons (Fsp3) is 0.480. The molecule has 0 saturated carbocycles. The molecule has 1 aromatic heterocycles. The van der Waals surface area contributed by atoms with Crippen LogP contribution in [0.15, 0.2) is 42.6 Å². The minimum atomic E-state index is -0.689. The van der Waals surface area contributed by atoms with Gasteiger partial charge in [0.25, 0.3) is 12.9 Å². The minimum Gasteiger partial charge on any atom is -0.483 e. The van der Waals surface area contributed by atoms with Crippen molar-refractivity contribution in [3.05, 3.63) is 59.5 Å². The van der Waals surface area contributed by atoms with Crippen molar-refractivity contribution in [3.63, 3.8) is 0 Å². The molecule has 1 aromatic carbocycles. The van der Waals surface area contributed by atoms with Crippen LogP contribution in [0.1, 0.15) is 30.4 Å². The molecule has 0 unspecified atom stereocenters. The number of aromatic nitrogens is 1. The Labute approximate surface area is 204 Å². The van der Waals surface area contributed by atoms with Gasteiger partial charge in [-0.3, -0.25) is 14.5 Å². The Balaban J connectivity index is 0.000000655. The van der Waals surface area contributed by atoms with E-state index in [-0.39, 0.29) is 25.4 Å². The number of hydrogen-bond acceptors (Lipinski definition) is 7. The molecule has 3 heterocycles. The standard InChI is InChI=1S/C23H30FN3O2.2CH2O2/c24-20-6-3-18(4-7-20)13-23(17-28)16-27(12-9-21(23)29)22-8-5-19(14-25-22)15-26-10-1-2-11-26;2*2-1-3/h3-8,14,21,28-29H,1-2,9-13,15-17H2;2*1H,(H,2,3)/t21-,23-;;/m0../s1. The van der Waals surface area contributed by atoms with Crippen molar-refractivity contribution in [1.82, 2.24) is 9.88 Å². The van der Waals surface area contributed by atoms with Gasteiger partial charge in [0.15, 0.2) is 0 Å². The molecule has 0 bridgehead atoms. The van der Waals surface area contributed by atoms with Crippen LogP contribution < -0.4 is 4.90 Å². The molecule has 9 nitrogen and oxygen atoms in total. The lowest BCUT2D eigenvalue weighted by atomic mass is 9.73. The van der Waals surface area contributed by atoms with E-state index in [1.807, 2.05) is 12.3 Å². The number of aliphatic hydroxyl groups excluding tert-OH is 2. The quantitative estimate of drug-likeness (QED) is 0.448. The third-order valence-corrected chi connectivity index (χ3v) is 6.41. The number of hydrogen-bond donors (Lipinski definition) is 4. The Kier molecular flexibility index (Phi) is 11.5. The van der Waals surface area contributed by atoms with E-state index in [0.29, 0.717) is 25.9 Å². The first-order valence-electron chi connectivity index (χ1n) is 11.5. The van der Waals surface area contributed by atoms with E-state index in [1.165, 1.54) is 30.5 Å². The maximum absolute atomic E-state index is 13.2. The summed E-state index contributed by atoms with van der Waals surface area (Å²) >= 11 is 0. The van der Waals surface area contributed by atoms with Gasteiger partial charge in [-0.2, -0.15) is 0 Å². The number of aliphatic hydroxyl groups is 2. The molecule has 0 spiro atoms. The first kappa shape index (κ1) is 28.2. The van der Waals surface area contributed by atoms with Gasteiger partial charge < -0.3 is 25.3 Å². The summed E-state index contributed by atoms with van der Waals surface area (Å²) in [6.07, 6.45) is 4.95. The lowest BCUT2D eigenvalue weighted by Gasteiger charge is -2.46. The normalized spacial score (nSPS) is 21.8. The van der Waals surface area contributed by atoms with Gasteiger partial charge in [0.2, 0.25) is 0 Å². The summed E-state index contributed by atoms with van der Waals surface area (Å²) in [5.41, 5.74) is 1.44. The zero-order valence-corrected chi connectivity index (χ0v) is 19.7. The van der Waals surface area contributed by atoms with Crippen LogP contribution in [0.5, 0.6) is 0 Å². The monoisotopic (exact) mass is 491 g/mol. The van der Waals surface area contributed by atoms with E-state index in [0.717, 1.165) is 31.0 Å². The Bertz CT molecular complexity index is 887. The van der Waals surface area contributed by atoms with Crippen LogP contribution in [0.4, 0.5) is 10.2 Å². The van der Waals surface area contributed by atoms with Gasteiger partial charge in [0.1, 0.15) is 11.6 Å². The van der Waals surface area contributed by atoms with E-state index in [4.69, 9.17) is 19.8 Å². The van der Waals surface area contributed by atoms with Crippen LogP contribution >= 0.6 is 0 Å². The van der Waals surface area contributed by atoms with Gasteiger partial charge in [0.05, 0.1) is 12.7 Å². The van der Waals surface area contributed by atoms with E-state index in [9.17, 15) is 14.6 Å². The summed E-state index contributed by atoms with van der Waals surface area (Å²) in [6, 6.07) is 10.5. The van der Waals surface area contributed by atoms with E-state index in [1.54, 1.807) is 12.1 Å². The zero-order valence-electron chi connectivity index (χ0n) is 19.7. The molecular weight excluding hydrogens is 457 g/mol. The van der Waals surface area contributed by atoms with Gasteiger partial charge in [-0.05, 0) is 68.1 Å². The number of pyridine rings is 1. The third kappa shape index (κ3) is 8.27. The Morgan fingerprint density at radius 3 is 2.14 bits per heavy atom. The fourth-order valence-corrected chi connectivity index (χ4v) is 4.63. The summed E-state index contributed by atoms with van der Waals surface area (Å²) in [5.74, 6) is 0.592. The maximum atomic E-state index is 13.2. The fourth-order valence-electron chi connectivity index (χ4n) is 4.63. The predicted octanol–water partition coefficient (Wildman–Crippen LogP) is 2.01. The summed E-state index contributed by atoms with van der Waals surface area (Å²) in [6.45, 7) is 3.85. The van der Waals surface area contributed by atoms with Crippen LogP contribution in [0.3, 0.4) is 0 Å². The van der Waals surface area contributed by atoms with Crippen molar-refractivity contribution in [2.24, 2.45) is 5.41 Å². The van der Waals surface area contributed by atoms with Crippen LogP contribution in [-0.2, 0) is 22.6 Å². The largest absolute Gasteiger partial charge is 0.483 e. The molecule has 2 saturated heterocycles. The highest BCUT2D eigenvalue weighted by Gasteiger charge is 2.42. The van der Waals surface area contributed by atoms with Gasteiger partial charge in [0, 0.05) is 31.2 Å². The smallest absolute Gasteiger partial charge is 0.290 e. The number of carbonyl (C=O) groups is 2. The molecule has 2 atom stereocenters. The second-order valence-corrected chi connectivity index (χ2v) is 8.77. The summed E-state index contributed by atoms with van der Waals surface area (Å²) in [4.78, 5) is 26.0. The molecule has 192 valence electrons. The van der Waals surface area contributed by atoms with Crippen LogP contribution in [-0.4, -0.2) is 82.1 Å². The average Bonchev–Trinajstić information content (AvgIpc) is 3.37. The first-order chi connectivity index (χ1) is 16.9. The second kappa shape index (κ2) is 14.3. The molecule has 0 radical (unpaired) electrons. The average molecular weight is 492 g/mol. The molecule has 4 rings (SSSR count). The number of rotatable bonds is 6. The second-order valence-electron chi connectivity index (χ2n) is 8.77. The molecule has 35 heavy (non-hydrogen) atoms. The Morgan fingerprint density at radius 2 is 1.60 bits per heavy atom. The van der Waals surface area contributed by atoms with Crippen LogP contribution in [0.25, 0.3) is 0 Å². The molecular formula is C25H34FN3O6. The Morgan fingerprint density at radius 1 is 1.00 bits per heavy atom. The number of likely N-dealkylation sites (tertiary alicyclic amines) is 1. The molecule has 4 N–H and O–H groups in total. The highest BCUT2D eigenvalue weighted by Crippen LogP contribution is 2.35. The molecule has 0 amide bonds. The minimum absolute atomic E-state index is 0.130. The lowest BCUT2D eigenvalue weighted by molar-refractivity contribution is -0.123. The lowest BCUT2D eigenvalue weighted by Crippen LogP contribution is -2.55. The van der Waals surface area contributed by atoms with E-state index < -0.39 is 11.5 Å². The molecule has 2 fully saturated rings. The maximum Gasteiger partial charge on any atom is 0.290 e. The predicted molar refractivity (Wildman–Crippen MR) is 129 cm³/mol. The van der Waals surface area contributed by atoms with Crippen molar-refractivity contribution in [3.8, 4) is 0 Å². The van der Waals surface area contributed by atoms with Gasteiger partial charge in [-0.25, -0.2) is 9.37 Å².